The Morgan fingerprint density at radius 1 is 0.414 bits per heavy atom. The number of rotatable bonds is 33. The monoisotopic (exact) mass is 2190 g/mol. The van der Waals surface area contributed by atoms with Crippen molar-refractivity contribution in [1.82, 2.24) is 62.7 Å². The van der Waals surface area contributed by atoms with E-state index in [0.29, 0.717) is 39.8 Å². The van der Waals surface area contributed by atoms with Crippen LogP contribution in [0.3, 0.4) is 0 Å². The van der Waals surface area contributed by atoms with Gasteiger partial charge in [0.2, 0.25) is 0 Å². The number of hydrogen-bond acceptors (Lipinski definition) is 42. The molecular formula is C94H140N20O12S14. The predicted octanol–water partition coefficient (Wildman–Crippen LogP) is 18.0. The van der Waals surface area contributed by atoms with Crippen molar-refractivity contribution in [3.8, 4) is 11.5 Å². The van der Waals surface area contributed by atoms with Gasteiger partial charge in [-0.1, -0.05) is 85.1 Å². The Bertz CT molecular complexity index is 4370. The van der Waals surface area contributed by atoms with E-state index >= 15 is 0 Å². The number of methoxy groups -OCH3 is 2. The number of nitro benzene ring substituents is 2. The van der Waals surface area contributed by atoms with Crippen LogP contribution < -0.4 is 29.1 Å². The number of anilines is 4. The summed E-state index contributed by atoms with van der Waals surface area (Å²) in [6.07, 6.45) is 2.37. The van der Waals surface area contributed by atoms with E-state index in [0.717, 1.165) is 225 Å². The fraction of sp³-hybridized carbons (Fsp3) is 0.574. The normalized spacial score (nSPS) is 21.0. The van der Waals surface area contributed by atoms with Crippen LogP contribution in [0.4, 0.5) is 34.1 Å². The van der Waals surface area contributed by atoms with Crippen LogP contribution in [0.1, 0.15) is 79.4 Å². The number of ether oxygens (including phenoxy) is 6. The Hall–Kier alpha value is -4.72. The van der Waals surface area contributed by atoms with Crippen LogP contribution in [0.5, 0.6) is 11.5 Å². The number of thiocarbonyl (C=S) groups is 2. The van der Waals surface area contributed by atoms with Gasteiger partial charge in [-0.15, -0.1) is 0 Å². The third-order valence-corrected chi connectivity index (χ3v) is 41.2. The number of hydrogen-bond donors (Lipinski definition) is 0. The molecule has 0 radical (unpaired) electrons. The molecule has 10 saturated heterocycles. The lowest BCUT2D eigenvalue weighted by atomic mass is 10.1. The number of likely N-dealkylation sites (N-methyl/N-ethyl adjacent to an activating group) is 2. The van der Waals surface area contributed by atoms with Gasteiger partial charge in [-0.3, -0.25) is 29.8 Å². The van der Waals surface area contributed by atoms with Crippen molar-refractivity contribution in [2.45, 2.75) is 104 Å². The molecule has 10 aliphatic rings. The van der Waals surface area contributed by atoms with Gasteiger partial charge >= 0.3 is 11.9 Å². The lowest BCUT2D eigenvalue weighted by Crippen LogP contribution is -2.45. The molecule has 772 valence electrons. The highest BCUT2D eigenvalue weighted by Gasteiger charge is 2.40. The topological polar surface area (TPSA) is 234 Å². The highest BCUT2D eigenvalue weighted by atomic mass is 33.1. The van der Waals surface area contributed by atoms with Crippen molar-refractivity contribution in [3.63, 3.8) is 0 Å². The van der Waals surface area contributed by atoms with Crippen LogP contribution in [-0.2, 0) is 41.6 Å². The molecule has 16 rings (SSSR count). The van der Waals surface area contributed by atoms with Crippen LogP contribution in [0.25, 0.3) is 0 Å². The zero-order chi connectivity index (χ0) is 99.8. The smallest absolute Gasteiger partial charge is 0.321 e. The number of piperazine rings is 4. The van der Waals surface area contributed by atoms with Crippen molar-refractivity contribution in [2.24, 2.45) is 0 Å². The highest BCUT2D eigenvalue weighted by molar-refractivity contribution is 8.89. The molecule has 0 bridgehead atoms. The molecule has 0 aliphatic carbocycles. The summed E-state index contributed by atoms with van der Waals surface area (Å²) in [5, 5.41) is 21.6. The molecule has 32 nitrogen and oxygen atoms in total. The molecule has 0 saturated carbocycles. The van der Waals surface area contributed by atoms with Gasteiger partial charge in [0.05, 0.1) is 61.6 Å². The van der Waals surface area contributed by atoms with Gasteiger partial charge in [0, 0.05) is 339 Å². The summed E-state index contributed by atoms with van der Waals surface area (Å²) in [6.45, 7) is 49.2. The standard InChI is InChI=1S/C22H30N4O2S2.C22H28N2O4S2.C20H24N6O4S2.C14H26N4S4.C10H20N2O2S2.C6H12N2S2/c1-27-21-7-3-19(4-8-21)23-11-15-25(16-12-23)29-30-26-17-13-24(14-18-26)20-5-9-22(28-2)10-6-20;1-3-27-21(25)17-23(15-19-11-7-5-8-12-19)29-30-24(18-22(26)28-4-2)16-20-13-9-6-10-14-20;27-25(28)19-5-1-17(2-6-19)21-9-13-23(14-10-21)31-32-24-15-11-22(12-16-24)18-3-7-20(8-4-18)26(29)30;1-15-5-3-7-17(11-9-15)13(19)21-22-14(20)18-8-4-6-16(2)10-12-18;1-9(2)5-13-7-11(9)15-16-12-8-14-6-10(12,3)4;1-5-3-7(5)9-10-8-4-6(8)2/h3-10H,11-18H2,1-2H3;5-14H,3-4,15-18H2,1-2H3;1-8H,9-16H2;3-12H2,1-2H3;5-8H2,1-4H3;5-6H,3-4H2,1-2H3. The SMILES string of the molecule is CC1(C)COCN1SSN1COCC1(C)C.CC1CN1SSN1CC1C.CCOC(=O)CN(Cc1ccccc1)SSN(CC(=O)OCC)Cc1ccccc1.CN1CCCN(C(=S)SSC(=S)N2CCCN(C)CC2)CC1.COc1ccc(N2CCN(SSN3CCN(c4ccc(OC)cc4)CC3)CC2)cc1.O=[N+]([O-])c1ccc(N2CCN(SSN3CCN(c4ccc([N+](=O)[O-])cc4)CC3)CC2)cc1. The molecule has 6 aromatic carbocycles. The minimum absolute atomic E-state index is 0.119. The summed E-state index contributed by atoms with van der Waals surface area (Å²) in [4.78, 5) is 63.8. The van der Waals surface area contributed by atoms with Gasteiger partial charge in [-0.2, -0.15) is 0 Å². The first-order valence-corrected chi connectivity index (χ1v) is 60.8. The second-order valence-corrected chi connectivity index (χ2v) is 50.0. The molecule has 0 N–H and O–H groups in total. The number of esters is 2. The maximum atomic E-state index is 12.1. The van der Waals surface area contributed by atoms with Crippen LogP contribution >= 0.6 is 156 Å². The third-order valence-electron chi connectivity index (χ3n) is 23.9. The largest absolute Gasteiger partial charge is 0.497 e. The van der Waals surface area contributed by atoms with E-state index in [1.807, 2.05) is 162 Å². The molecule has 10 fully saturated rings. The van der Waals surface area contributed by atoms with E-state index in [2.05, 4.69) is 154 Å². The Balaban J connectivity index is 0.000000165. The first kappa shape index (κ1) is 116. The Kier molecular flexibility index (Phi) is 50.6. The predicted molar refractivity (Wildman–Crippen MR) is 604 cm³/mol. The number of nitrogens with zero attached hydrogens (tertiary/aromatic N) is 20. The number of benzene rings is 6. The Morgan fingerprint density at radius 2 is 0.714 bits per heavy atom. The molecule has 6 aromatic rings. The van der Waals surface area contributed by atoms with Gasteiger partial charge in [0.25, 0.3) is 11.4 Å². The number of nitro groups is 2. The summed E-state index contributed by atoms with van der Waals surface area (Å²) < 4.78 is 56.6. The number of non-ortho nitro benzene ring substituents is 2. The molecule has 0 aromatic heterocycles. The first-order valence-electron chi connectivity index (χ1n) is 47.5. The molecule has 10 aliphatic heterocycles. The minimum Gasteiger partial charge on any atom is -0.497 e. The average molecular weight is 2190 g/mol. The first-order chi connectivity index (χ1) is 67.6. The quantitative estimate of drug-likeness (QED) is 0.00708. The van der Waals surface area contributed by atoms with E-state index in [1.54, 1.807) is 118 Å². The minimum atomic E-state index is -0.374. The van der Waals surface area contributed by atoms with Crippen LogP contribution in [0.15, 0.2) is 158 Å². The summed E-state index contributed by atoms with van der Waals surface area (Å²) in [5.41, 5.74) is 7.28. The fourth-order valence-corrected chi connectivity index (χ4v) is 30.0. The molecule has 10 heterocycles. The van der Waals surface area contributed by atoms with Crippen molar-refractivity contribution >= 4 is 211 Å². The van der Waals surface area contributed by atoms with E-state index in [1.165, 1.54) is 59.3 Å². The third kappa shape index (κ3) is 40.7. The molecular weight excluding hydrogens is 2050 g/mol. The lowest BCUT2D eigenvalue weighted by molar-refractivity contribution is -0.385. The Labute approximate surface area is 889 Å². The van der Waals surface area contributed by atoms with Gasteiger partial charge < -0.3 is 67.6 Å². The number of carbonyl (C=O) groups excluding carboxylic acids is 2. The van der Waals surface area contributed by atoms with E-state index in [-0.39, 0.29) is 57.3 Å². The van der Waals surface area contributed by atoms with Crippen LogP contribution in [0, 0.1) is 20.2 Å². The number of carbonyl (C=O) groups is 2. The molecule has 0 amide bonds. The molecule has 0 spiro atoms. The Morgan fingerprint density at radius 3 is 0.979 bits per heavy atom. The van der Waals surface area contributed by atoms with Crippen molar-refractivity contribution in [1.29, 1.82) is 0 Å². The zero-order valence-electron chi connectivity index (χ0n) is 82.6. The fourth-order valence-electron chi connectivity index (χ4n) is 14.9. The van der Waals surface area contributed by atoms with E-state index < -0.39 is 0 Å². The maximum Gasteiger partial charge on any atom is 0.321 e. The average Bonchev–Trinajstić information content (AvgIpc) is 1.65. The summed E-state index contributed by atoms with van der Waals surface area (Å²) in [7, 11) is 28.6. The second-order valence-electron chi connectivity index (χ2n) is 35.8. The molecule has 4 unspecified atom stereocenters. The molecule has 140 heavy (non-hydrogen) atoms. The van der Waals surface area contributed by atoms with Gasteiger partial charge in [-0.05, 0) is 201 Å². The lowest BCUT2D eigenvalue weighted by Gasteiger charge is -2.38. The van der Waals surface area contributed by atoms with E-state index in [4.69, 9.17) is 52.9 Å². The maximum absolute atomic E-state index is 12.1. The van der Waals surface area contributed by atoms with Crippen molar-refractivity contribution in [3.05, 3.63) is 189 Å². The van der Waals surface area contributed by atoms with Crippen molar-refractivity contribution in [2.75, 3.05) is 271 Å². The highest BCUT2D eigenvalue weighted by Crippen LogP contribution is 2.45. The summed E-state index contributed by atoms with van der Waals surface area (Å²) in [6, 6.07) is 51.8. The van der Waals surface area contributed by atoms with Crippen LogP contribution in [-0.4, -0.2) is 368 Å². The van der Waals surface area contributed by atoms with Gasteiger partial charge in [0.15, 0.2) is 0 Å². The van der Waals surface area contributed by atoms with Crippen LogP contribution in [0.2, 0.25) is 0 Å². The second kappa shape index (κ2) is 61.3. The van der Waals surface area contributed by atoms with Gasteiger partial charge in [-0.25, -0.2) is 43.1 Å². The summed E-state index contributed by atoms with van der Waals surface area (Å²) in [5.74, 6) is 1.27. The zero-order valence-corrected chi connectivity index (χ0v) is 94.0. The van der Waals surface area contributed by atoms with E-state index in [9.17, 15) is 29.8 Å². The molecule has 46 heteroatoms. The molecule has 4 atom stereocenters. The van der Waals surface area contributed by atoms with Crippen molar-refractivity contribution < 1.29 is 47.9 Å². The summed E-state index contributed by atoms with van der Waals surface area (Å²) >= 11 is 11.2. The van der Waals surface area contributed by atoms with Gasteiger partial charge in [0.1, 0.15) is 46.7 Å².